The summed E-state index contributed by atoms with van der Waals surface area (Å²) in [4.78, 5) is 26.2. The fourth-order valence-corrected chi connectivity index (χ4v) is 2.68. The molecule has 1 aliphatic heterocycles. The topological polar surface area (TPSA) is 49.4 Å². The largest absolute Gasteiger partial charge is 0.343 e. The van der Waals surface area contributed by atoms with Crippen molar-refractivity contribution in [1.82, 2.24) is 5.32 Å². The highest BCUT2D eigenvalue weighted by Crippen LogP contribution is 2.24. The van der Waals surface area contributed by atoms with Crippen molar-refractivity contribution >= 4 is 17.5 Å². The van der Waals surface area contributed by atoms with E-state index in [0.29, 0.717) is 17.8 Å². The van der Waals surface area contributed by atoms with E-state index in [2.05, 4.69) is 5.32 Å². The zero-order valence-electron chi connectivity index (χ0n) is 12.5. The van der Waals surface area contributed by atoms with Gasteiger partial charge in [-0.2, -0.15) is 0 Å². The van der Waals surface area contributed by atoms with E-state index in [4.69, 9.17) is 0 Å². The molecule has 0 bridgehead atoms. The monoisotopic (exact) mass is 294 g/mol. The van der Waals surface area contributed by atoms with Crippen molar-refractivity contribution in [3.63, 3.8) is 0 Å². The standard InChI is InChI=1S/C18H18N2O2/c1-13-7-8-16-15(11-13)18(22)19-12-17(21)20(16)10-9-14-5-3-2-4-6-14/h2-8,11H,9-10,12H2,1H3,(H,19,22). The molecule has 3 rings (SSSR count). The van der Waals surface area contributed by atoms with Crippen molar-refractivity contribution in [2.24, 2.45) is 0 Å². The summed E-state index contributed by atoms with van der Waals surface area (Å²) < 4.78 is 0. The van der Waals surface area contributed by atoms with E-state index >= 15 is 0 Å². The third-order valence-electron chi connectivity index (χ3n) is 3.86. The van der Waals surface area contributed by atoms with E-state index in [1.807, 2.05) is 55.5 Å². The van der Waals surface area contributed by atoms with Crippen molar-refractivity contribution < 1.29 is 9.59 Å². The molecule has 1 heterocycles. The lowest BCUT2D eigenvalue weighted by atomic mass is 10.1. The Hall–Kier alpha value is -2.62. The van der Waals surface area contributed by atoms with Gasteiger partial charge in [0.25, 0.3) is 5.91 Å². The molecule has 0 saturated carbocycles. The molecule has 112 valence electrons. The molecule has 0 fully saturated rings. The van der Waals surface area contributed by atoms with Gasteiger partial charge in [0.2, 0.25) is 5.91 Å². The zero-order chi connectivity index (χ0) is 15.5. The number of carbonyl (C=O) groups excluding carboxylic acids is 2. The van der Waals surface area contributed by atoms with E-state index in [9.17, 15) is 9.59 Å². The second-order valence-corrected chi connectivity index (χ2v) is 5.48. The minimum Gasteiger partial charge on any atom is -0.343 e. The maximum absolute atomic E-state index is 12.3. The highest BCUT2D eigenvalue weighted by molar-refractivity contribution is 6.09. The summed E-state index contributed by atoms with van der Waals surface area (Å²) in [5, 5.41) is 2.68. The molecule has 0 saturated heterocycles. The Labute approximate surface area is 129 Å². The van der Waals surface area contributed by atoms with Crippen molar-refractivity contribution in [2.75, 3.05) is 18.0 Å². The number of carbonyl (C=O) groups is 2. The van der Waals surface area contributed by atoms with Crippen LogP contribution in [0.3, 0.4) is 0 Å². The minimum absolute atomic E-state index is 0.0430. The van der Waals surface area contributed by atoms with Crippen LogP contribution in [0.5, 0.6) is 0 Å². The highest BCUT2D eigenvalue weighted by atomic mass is 16.2. The van der Waals surface area contributed by atoms with Crippen LogP contribution in [0, 0.1) is 6.92 Å². The second-order valence-electron chi connectivity index (χ2n) is 5.48. The number of amides is 2. The van der Waals surface area contributed by atoms with E-state index in [1.165, 1.54) is 5.56 Å². The summed E-state index contributed by atoms with van der Waals surface area (Å²) in [6.07, 6.45) is 0.758. The molecule has 1 N–H and O–H groups in total. The van der Waals surface area contributed by atoms with Crippen molar-refractivity contribution in [2.45, 2.75) is 13.3 Å². The summed E-state index contributed by atoms with van der Waals surface area (Å²) in [5.74, 6) is -0.263. The maximum atomic E-state index is 12.3. The molecule has 0 atom stereocenters. The first kappa shape index (κ1) is 14.3. The molecule has 1 aliphatic rings. The molecule has 0 spiro atoms. The molecule has 2 aromatic carbocycles. The number of anilines is 1. The van der Waals surface area contributed by atoms with Crippen LogP contribution >= 0.6 is 0 Å². The molecule has 2 aromatic rings. The average molecular weight is 294 g/mol. The fourth-order valence-electron chi connectivity index (χ4n) is 2.68. The summed E-state index contributed by atoms with van der Waals surface area (Å²) in [7, 11) is 0. The van der Waals surface area contributed by atoms with Crippen LogP contribution in [0.25, 0.3) is 0 Å². The van der Waals surface area contributed by atoms with Crippen LogP contribution in [-0.4, -0.2) is 24.9 Å². The van der Waals surface area contributed by atoms with Crippen LogP contribution in [0.2, 0.25) is 0 Å². The third-order valence-corrected chi connectivity index (χ3v) is 3.86. The normalized spacial score (nSPS) is 14.3. The summed E-state index contributed by atoms with van der Waals surface area (Å²) >= 11 is 0. The predicted octanol–water partition coefficient (Wildman–Crippen LogP) is 2.31. The number of aryl methyl sites for hydroxylation is 1. The van der Waals surface area contributed by atoms with Gasteiger partial charge in [-0.3, -0.25) is 9.59 Å². The number of benzene rings is 2. The van der Waals surface area contributed by atoms with Crippen molar-refractivity contribution in [3.8, 4) is 0 Å². The van der Waals surface area contributed by atoms with Crippen molar-refractivity contribution in [3.05, 3.63) is 65.2 Å². The molecular weight excluding hydrogens is 276 g/mol. The molecular formula is C18H18N2O2. The van der Waals surface area contributed by atoms with Crippen molar-refractivity contribution in [1.29, 1.82) is 0 Å². The SMILES string of the molecule is Cc1ccc2c(c1)C(=O)NCC(=O)N2CCc1ccccc1. The first-order valence-electron chi connectivity index (χ1n) is 7.38. The average Bonchev–Trinajstić information content (AvgIpc) is 2.65. The Kier molecular flexibility index (Phi) is 3.92. The van der Waals surface area contributed by atoms with Gasteiger partial charge in [-0.05, 0) is 31.0 Å². The molecule has 4 nitrogen and oxygen atoms in total. The van der Waals surface area contributed by atoms with Gasteiger partial charge in [0.1, 0.15) is 0 Å². The fraction of sp³-hybridized carbons (Fsp3) is 0.222. The van der Waals surface area contributed by atoms with Gasteiger partial charge in [-0.15, -0.1) is 0 Å². The van der Waals surface area contributed by atoms with Gasteiger partial charge in [0, 0.05) is 6.54 Å². The van der Waals surface area contributed by atoms with E-state index in [0.717, 1.165) is 12.0 Å². The lowest BCUT2D eigenvalue weighted by Crippen LogP contribution is -2.37. The first-order valence-corrected chi connectivity index (χ1v) is 7.38. The maximum Gasteiger partial charge on any atom is 0.253 e. The summed E-state index contributed by atoms with van der Waals surface area (Å²) in [5.41, 5.74) is 3.44. The Morgan fingerprint density at radius 3 is 2.64 bits per heavy atom. The Morgan fingerprint density at radius 1 is 1.09 bits per heavy atom. The smallest absolute Gasteiger partial charge is 0.253 e. The van der Waals surface area contributed by atoms with Gasteiger partial charge in [-0.25, -0.2) is 0 Å². The van der Waals surface area contributed by atoms with Gasteiger partial charge in [0.15, 0.2) is 0 Å². The summed E-state index contributed by atoms with van der Waals surface area (Å²) in [6.45, 7) is 2.55. The van der Waals surface area contributed by atoms with Gasteiger partial charge in [-0.1, -0.05) is 42.0 Å². The van der Waals surface area contributed by atoms with E-state index in [1.54, 1.807) is 4.90 Å². The second kappa shape index (κ2) is 6.02. The van der Waals surface area contributed by atoms with Crippen LogP contribution in [0.1, 0.15) is 21.5 Å². The quantitative estimate of drug-likeness (QED) is 0.944. The molecule has 0 radical (unpaired) electrons. The number of rotatable bonds is 3. The Morgan fingerprint density at radius 2 is 1.86 bits per heavy atom. The zero-order valence-corrected chi connectivity index (χ0v) is 12.5. The third kappa shape index (κ3) is 2.86. The molecule has 0 aromatic heterocycles. The number of nitrogens with zero attached hydrogens (tertiary/aromatic N) is 1. The molecule has 4 heteroatoms. The molecule has 2 amide bonds. The number of fused-ring (bicyclic) bond motifs is 1. The highest BCUT2D eigenvalue weighted by Gasteiger charge is 2.25. The lowest BCUT2D eigenvalue weighted by Gasteiger charge is -2.22. The first-order chi connectivity index (χ1) is 10.6. The summed E-state index contributed by atoms with van der Waals surface area (Å²) in [6, 6.07) is 15.7. The minimum atomic E-state index is -0.186. The van der Waals surface area contributed by atoms with Crippen LogP contribution < -0.4 is 10.2 Å². The molecule has 22 heavy (non-hydrogen) atoms. The Bertz CT molecular complexity index is 710. The number of nitrogens with one attached hydrogen (secondary N) is 1. The van der Waals surface area contributed by atoms with Gasteiger partial charge in [0.05, 0.1) is 17.8 Å². The molecule has 0 aliphatic carbocycles. The van der Waals surface area contributed by atoms with Crippen LogP contribution in [0.15, 0.2) is 48.5 Å². The van der Waals surface area contributed by atoms with Crippen LogP contribution in [-0.2, 0) is 11.2 Å². The van der Waals surface area contributed by atoms with Crippen LogP contribution in [0.4, 0.5) is 5.69 Å². The van der Waals surface area contributed by atoms with E-state index in [-0.39, 0.29) is 18.4 Å². The molecule has 0 unspecified atom stereocenters. The van der Waals surface area contributed by atoms with Gasteiger partial charge < -0.3 is 10.2 Å². The predicted molar refractivity (Wildman–Crippen MR) is 86.0 cm³/mol. The van der Waals surface area contributed by atoms with Gasteiger partial charge >= 0.3 is 0 Å². The number of hydrogen-bond donors (Lipinski definition) is 1. The Balaban J connectivity index is 1.90. The number of hydrogen-bond acceptors (Lipinski definition) is 2. The lowest BCUT2D eigenvalue weighted by molar-refractivity contribution is -0.117. The van der Waals surface area contributed by atoms with E-state index < -0.39 is 0 Å².